The van der Waals surface area contributed by atoms with Crippen LogP contribution in [0.25, 0.3) is 11.3 Å². The van der Waals surface area contributed by atoms with E-state index in [1.807, 2.05) is 45.0 Å². The predicted molar refractivity (Wildman–Crippen MR) is 121 cm³/mol. The van der Waals surface area contributed by atoms with Gasteiger partial charge in [-0.2, -0.15) is 0 Å². The van der Waals surface area contributed by atoms with Gasteiger partial charge < -0.3 is 24.6 Å². The average Bonchev–Trinajstić information content (AvgIpc) is 3.17. The van der Waals surface area contributed by atoms with Crippen LogP contribution in [0.15, 0.2) is 41.2 Å². The number of aliphatic hydroxyl groups excluding tert-OH is 1. The Hall–Kier alpha value is -3.46. The second kappa shape index (κ2) is 10.7. The highest BCUT2D eigenvalue weighted by Gasteiger charge is 2.17. The zero-order chi connectivity index (χ0) is 23.1. The van der Waals surface area contributed by atoms with E-state index in [2.05, 4.69) is 20.4 Å². The molecule has 0 aromatic carbocycles. The Labute approximate surface area is 187 Å². The molecule has 0 radical (unpaired) electrons. The first-order valence-corrected chi connectivity index (χ1v) is 10.5. The lowest BCUT2D eigenvalue weighted by molar-refractivity contribution is 0.0912. The summed E-state index contributed by atoms with van der Waals surface area (Å²) >= 11 is 0. The molecular weight excluding hydrogens is 410 g/mol. The molecular formula is C23H29N5O4. The zero-order valence-electron chi connectivity index (χ0n) is 18.8. The summed E-state index contributed by atoms with van der Waals surface area (Å²) in [5, 5.41) is 16.3. The van der Waals surface area contributed by atoms with Crippen LogP contribution in [0.1, 0.15) is 41.4 Å². The largest absolute Gasteiger partial charge is 0.473 e. The van der Waals surface area contributed by atoms with Crippen LogP contribution in [0.4, 0.5) is 5.82 Å². The maximum atomic E-state index is 12.3. The number of rotatable bonds is 10. The van der Waals surface area contributed by atoms with Crippen molar-refractivity contribution >= 4 is 11.7 Å². The number of pyridine rings is 2. The number of amides is 1. The number of nitrogens with zero attached hydrogens (tertiary/aromatic N) is 4. The van der Waals surface area contributed by atoms with Crippen molar-refractivity contribution in [2.75, 3.05) is 25.6 Å². The topological polar surface area (TPSA) is 114 Å². The summed E-state index contributed by atoms with van der Waals surface area (Å²) in [5.74, 6) is 1.60. The van der Waals surface area contributed by atoms with Crippen molar-refractivity contribution in [2.24, 2.45) is 0 Å². The van der Waals surface area contributed by atoms with E-state index < -0.39 is 0 Å². The molecule has 9 heteroatoms. The summed E-state index contributed by atoms with van der Waals surface area (Å²) in [4.78, 5) is 22.9. The first kappa shape index (κ1) is 23.2. The van der Waals surface area contributed by atoms with Gasteiger partial charge in [-0.3, -0.25) is 4.79 Å². The summed E-state index contributed by atoms with van der Waals surface area (Å²) in [6, 6.07) is 6.87. The maximum Gasteiger partial charge on any atom is 0.253 e. The Balaban J connectivity index is 1.66. The molecule has 0 aliphatic rings. The molecule has 1 atom stereocenters. The van der Waals surface area contributed by atoms with E-state index in [0.717, 1.165) is 23.4 Å². The number of aliphatic hydroxyl groups is 1. The van der Waals surface area contributed by atoms with Crippen LogP contribution >= 0.6 is 0 Å². The third-order valence-electron chi connectivity index (χ3n) is 5.02. The van der Waals surface area contributed by atoms with E-state index in [1.54, 1.807) is 18.3 Å². The van der Waals surface area contributed by atoms with Crippen molar-refractivity contribution < 1.29 is 19.2 Å². The van der Waals surface area contributed by atoms with Crippen molar-refractivity contribution in [1.29, 1.82) is 0 Å². The summed E-state index contributed by atoms with van der Waals surface area (Å²) in [6.07, 6.45) is 4.79. The molecule has 1 amide bonds. The summed E-state index contributed by atoms with van der Waals surface area (Å²) in [5.41, 5.74) is 2.71. The Morgan fingerprint density at radius 3 is 2.62 bits per heavy atom. The van der Waals surface area contributed by atoms with Crippen LogP contribution in [0, 0.1) is 6.92 Å². The number of aryl methyl sites for hydroxylation is 1. The minimum absolute atomic E-state index is 0.0952. The number of anilines is 1. The number of hydrogen-bond donors (Lipinski definition) is 2. The molecule has 0 saturated heterocycles. The summed E-state index contributed by atoms with van der Waals surface area (Å²) in [6.45, 7) is 3.94. The molecule has 3 heterocycles. The molecule has 0 aliphatic heterocycles. The average molecular weight is 440 g/mol. The highest BCUT2D eigenvalue weighted by atomic mass is 16.5. The fourth-order valence-electron chi connectivity index (χ4n) is 3.15. The molecule has 0 aliphatic carbocycles. The minimum atomic E-state index is -0.276. The fourth-order valence-corrected chi connectivity index (χ4v) is 3.15. The SMILES string of the molecule is CCCC(CO)NC(=O)c1ccc(OCc2c(-c3ccc(N(C)C)nc3)noc2C)nc1. The highest BCUT2D eigenvalue weighted by Crippen LogP contribution is 2.27. The second-order valence-electron chi connectivity index (χ2n) is 7.68. The number of aromatic nitrogens is 3. The standard InChI is InChI=1S/C23H29N5O4/c1-5-6-18(13-29)26-23(30)17-8-10-21(25-12-17)31-14-19-15(2)32-27-22(19)16-7-9-20(24-11-16)28(3)4/h7-12,18,29H,5-6,13-14H2,1-4H3,(H,26,30). The van der Waals surface area contributed by atoms with Crippen LogP contribution in [0.2, 0.25) is 0 Å². The van der Waals surface area contributed by atoms with Gasteiger partial charge in [0.15, 0.2) is 0 Å². The van der Waals surface area contributed by atoms with Crippen LogP contribution in [-0.2, 0) is 6.61 Å². The van der Waals surface area contributed by atoms with E-state index >= 15 is 0 Å². The van der Waals surface area contributed by atoms with Gasteiger partial charge in [-0.1, -0.05) is 18.5 Å². The van der Waals surface area contributed by atoms with Gasteiger partial charge in [-0.05, 0) is 31.5 Å². The summed E-state index contributed by atoms with van der Waals surface area (Å²) in [7, 11) is 3.86. The maximum absolute atomic E-state index is 12.3. The lowest BCUT2D eigenvalue weighted by Gasteiger charge is -2.15. The number of ether oxygens (including phenoxy) is 1. The first-order chi connectivity index (χ1) is 15.4. The molecule has 0 spiro atoms. The molecule has 0 fully saturated rings. The molecule has 3 rings (SSSR count). The van der Waals surface area contributed by atoms with E-state index in [9.17, 15) is 9.90 Å². The Bertz CT molecular complexity index is 1020. The van der Waals surface area contributed by atoms with Crippen molar-refractivity contribution in [3.63, 3.8) is 0 Å². The quantitative estimate of drug-likeness (QED) is 0.496. The van der Waals surface area contributed by atoms with Crippen molar-refractivity contribution in [3.05, 3.63) is 53.5 Å². The molecule has 170 valence electrons. The van der Waals surface area contributed by atoms with Gasteiger partial charge in [0, 0.05) is 38.1 Å². The van der Waals surface area contributed by atoms with E-state index in [1.165, 1.54) is 6.20 Å². The minimum Gasteiger partial charge on any atom is -0.473 e. The third-order valence-corrected chi connectivity index (χ3v) is 5.02. The van der Waals surface area contributed by atoms with Gasteiger partial charge in [0.2, 0.25) is 5.88 Å². The lowest BCUT2D eigenvalue weighted by atomic mass is 10.1. The van der Waals surface area contributed by atoms with Crippen LogP contribution in [-0.4, -0.2) is 52.9 Å². The van der Waals surface area contributed by atoms with Crippen molar-refractivity contribution in [3.8, 4) is 17.1 Å². The molecule has 1 unspecified atom stereocenters. The fraction of sp³-hybridized carbons (Fsp3) is 0.391. The highest BCUT2D eigenvalue weighted by molar-refractivity contribution is 5.94. The smallest absolute Gasteiger partial charge is 0.253 e. The van der Waals surface area contributed by atoms with Crippen molar-refractivity contribution in [2.45, 2.75) is 39.3 Å². The van der Waals surface area contributed by atoms with Gasteiger partial charge in [0.05, 0.1) is 23.8 Å². The van der Waals surface area contributed by atoms with Crippen LogP contribution in [0.5, 0.6) is 5.88 Å². The normalized spacial score (nSPS) is 11.8. The van der Waals surface area contributed by atoms with Gasteiger partial charge in [-0.15, -0.1) is 0 Å². The Morgan fingerprint density at radius 1 is 1.22 bits per heavy atom. The number of carbonyl (C=O) groups is 1. The Morgan fingerprint density at radius 2 is 2.03 bits per heavy atom. The molecule has 0 saturated carbocycles. The molecule has 0 bridgehead atoms. The molecule has 3 aromatic heterocycles. The zero-order valence-corrected chi connectivity index (χ0v) is 18.8. The van der Waals surface area contributed by atoms with E-state index in [-0.39, 0.29) is 25.2 Å². The number of carbonyl (C=O) groups excluding carboxylic acids is 1. The van der Waals surface area contributed by atoms with Gasteiger partial charge >= 0.3 is 0 Å². The van der Waals surface area contributed by atoms with Gasteiger partial charge in [-0.25, -0.2) is 9.97 Å². The van der Waals surface area contributed by atoms with Gasteiger partial charge in [0.25, 0.3) is 5.91 Å². The van der Waals surface area contributed by atoms with Crippen LogP contribution in [0.3, 0.4) is 0 Å². The Kier molecular flexibility index (Phi) is 7.77. The molecule has 32 heavy (non-hydrogen) atoms. The van der Waals surface area contributed by atoms with E-state index in [0.29, 0.717) is 29.3 Å². The molecule has 3 aromatic rings. The third kappa shape index (κ3) is 5.61. The lowest BCUT2D eigenvalue weighted by Crippen LogP contribution is -2.37. The summed E-state index contributed by atoms with van der Waals surface area (Å²) < 4.78 is 11.2. The van der Waals surface area contributed by atoms with Gasteiger partial charge in [0.1, 0.15) is 23.9 Å². The first-order valence-electron chi connectivity index (χ1n) is 10.5. The van der Waals surface area contributed by atoms with Crippen LogP contribution < -0.4 is 15.0 Å². The molecule has 9 nitrogen and oxygen atoms in total. The molecule has 2 N–H and O–H groups in total. The number of nitrogens with one attached hydrogen (secondary N) is 1. The number of hydrogen-bond acceptors (Lipinski definition) is 8. The second-order valence-corrected chi connectivity index (χ2v) is 7.68. The predicted octanol–water partition coefficient (Wildman–Crippen LogP) is 2.98. The van der Waals surface area contributed by atoms with Crippen molar-refractivity contribution in [1.82, 2.24) is 20.4 Å². The van der Waals surface area contributed by atoms with E-state index in [4.69, 9.17) is 9.26 Å². The monoisotopic (exact) mass is 439 g/mol.